The molecule has 1 heterocycles. The fourth-order valence-electron chi connectivity index (χ4n) is 2.58. The van der Waals surface area contributed by atoms with Crippen LogP contribution < -0.4 is 4.74 Å². The van der Waals surface area contributed by atoms with Gasteiger partial charge in [0.05, 0.1) is 12.6 Å². The van der Waals surface area contributed by atoms with Gasteiger partial charge in [0.1, 0.15) is 12.4 Å². The number of nitrogens with zero attached hydrogens (tertiary/aromatic N) is 1. The SMILES string of the molecule is COC(=O)C=Cc1cn(C)c2cc(OCc3ccccc3)ccc12. The van der Waals surface area contributed by atoms with E-state index in [9.17, 15) is 4.79 Å². The molecule has 0 aliphatic rings. The van der Waals surface area contributed by atoms with Gasteiger partial charge in [0.2, 0.25) is 0 Å². The van der Waals surface area contributed by atoms with Crippen LogP contribution in [-0.2, 0) is 23.2 Å². The van der Waals surface area contributed by atoms with Crippen LogP contribution in [0.5, 0.6) is 5.75 Å². The molecule has 3 aromatic rings. The van der Waals surface area contributed by atoms with Crippen molar-refractivity contribution in [1.29, 1.82) is 0 Å². The van der Waals surface area contributed by atoms with Crippen LogP contribution in [0.2, 0.25) is 0 Å². The normalized spacial score (nSPS) is 11.1. The summed E-state index contributed by atoms with van der Waals surface area (Å²) in [6.45, 7) is 0.534. The standard InChI is InChI=1S/C20H19NO3/c1-21-13-16(8-11-20(22)23-2)18-10-9-17(12-19(18)21)24-14-15-6-4-3-5-7-15/h3-13H,14H2,1-2H3. The van der Waals surface area contributed by atoms with E-state index in [4.69, 9.17) is 4.74 Å². The molecule has 0 N–H and O–H groups in total. The summed E-state index contributed by atoms with van der Waals surface area (Å²) in [5.41, 5.74) is 3.14. The Hall–Kier alpha value is -3.01. The van der Waals surface area contributed by atoms with Gasteiger partial charge in [-0.1, -0.05) is 30.3 Å². The Labute approximate surface area is 140 Å². The maximum absolute atomic E-state index is 11.3. The Balaban J connectivity index is 1.82. The summed E-state index contributed by atoms with van der Waals surface area (Å²) < 4.78 is 12.5. The number of benzene rings is 2. The van der Waals surface area contributed by atoms with E-state index in [1.807, 2.05) is 66.3 Å². The molecule has 4 heteroatoms. The van der Waals surface area contributed by atoms with Crippen LogP contribution in [0.25, 0.3) is 17.0 Å². The zero-order valence-corrected chi connectivity index (χ0v) is 13.7. The highest BCUT2D eigenvalue weighted by Gasteiger charge is 2.07. The third-order valence-corrected chi connectivity index (χ3v) is 3.84. The van der Waals surface area contributed by atoms with Crippen molar-refractivity contribution in [1.82, 2.24) is 4.57 Å². The number of carbonyl (C=O) groups is 1. The van der Waals surface area contributed by atoms with Crippen LogP contribution in [0.3, 0.4) is 0 Å². The summed E-state index contributed by atoms with van der Waals surface area (Å²) in [4.78, 5) is 11.3. The number of methoxy groups -OCH3 is 1. The van der Waals surface area contributed by atoms with Gasteiger partial charge in [-0.3, -0.25) is 0 Å². The lowest BCUT2D eigenvalue weighted by molar-refractivity contribution is -0.134. The molecule has 24 heavy (non-hydrogen) atoms. The van der Waals surface area contributed by atoms with Gasteiger partial charge >= 0.3 is 5.97 Å². The average molecular weight is 321 g/mol. The van der Waals surface area contributed by atoms with Crippen molar-refractivity contribution in [3.8, 4) is 5.75 Å². The Morgan fingerprint density at radius 2 is 1.96 bits per heavy atom. The monoisotopic (exact) mass is 321 g/mol. The first-order valence-corrected chi connectivity index (χ1v) is 7.69. The van der Waals surface area contributed by atoms with E-state index >= 15 is 0 Å². The molecular weight excluding hydrogens is 302 g/mol. The van der Waals surface area contributed by atoms with Gasteiger partial charge in [0, 0.05) is 36.3 Å². The summed E-state index contributed by atoms with van der Waals surface area (Å²) in [6, 6.07) is 16.0. The first-order valence-electron chi connectivity index (χ1n) is 7.69. The lowest BCUT2D eigenvalue weighted by Crippen LogP contribution is -1.95. The number of hydrogen-bond donors (Lipinski definition) is 0. The van der Waals surface area contributed by atoms with Gasteiger partial charge < -0.3 is 14.0 Å². The highest BCUT2D eigenvalue weighted by molar-refractivity contribution is 5.94. The lowest BCUT2D eigenvalue weighted by Gasteiger charge is -2.07. The molecular formula is C20H19NO3. The third-order valence-electron chi connectivity index (χ3n) is 3.84. The van der Waals surface area contributed by atoms with Crippen molar-refractivity contribution in [3.63, 3.8) is 0 Å². The van der Waals surface area contributed by atoms with Crippen LogP contribution in [0.1, 0.15) is 11.1 Å². The van der Waals surface area contributed by atoms with Crippen molar-refractivity contribution in [2.45, 2.75) is 6.61 Å². The molecule has 0 fully saturated rings. The summed E-state index contributed by atoms with van der Waals surface area (Å²) in [6.07, 6.45) is 5.17. The molecule has 0 spiro atoms. The molecule has 0 saturated heterocycles. The van der Waals surface area contributed by atoms with Crippen LogP contribution in [0.4, 0.5) is 0 Å². The van der Waals surface area contributed by atoms with Crippen molar-refractivity contribution >= 4 is 22.9 Å². The van der Waals surface area contributed by atoms with Crippen LogP contribution in [0.15, 0.2) is 60.8 Å². The number of rotatable bonds is 5. The average Bonchev–Trinajstić information content (AvgIpc) is 2.94. The summed E-state index contributed by atoms with van der Waals surface area (Å²) in [7, 11) is 3.34. The molecule has 0 unspecified atom stereocenters. The smallest absolute Gasteiger partial charge is 0.330 e. The van der Waals surface area contributed by atoms with Crippen molar-refractivity contribution in [3.05, 3.63) is 71.9 Å². The Morgan fingerprint density at radius 3 is 2.71 bits per heavy atom. The molecule has 0 aliphatic carbocycles. The Bertz CT molecular complexity index is 879. The molecule has 0 bridgehead atoms. The van der Waals surface area contributed by atoms with E-state index in [0.717, 1.165) is 27.8 Å². The molecule has 3 rings (SSSR count). The third kappa shape index (κ3) is 3.49. The number of aromatic nitrogens is 1. The Morgan fingerprint density at radius 1 is 1.17 bits per heavy atom. The first-order chi connectivity index (χ1) is 11.7. The fourth-order valence-corrected chi connectivity index (χ4v) is 2.58. The number of ether oxygens (including phenoxy) is 2. The Kier molecular flexibility index (Phi) is 4.66. The van der Waals surface area contributed by atoms with Gasteiger partial charge in [-0.15, -0.1) is 0 Å². The number of hydrogen-bond acceptors (Lipinski definition) is 3. The van der Waals surface area contributed by atoms with Gasteiger partial charge in [-0.05, 0) is 23.8 Å². The minimum atomic E-state index is -0.366. The predicted octanol–water partition coefficient (Wildman–Crippen LogP) is 3.94. The largest absolute Gasteiger partial charge is 0.489 e. The van der Waals surface area contributed by atoms with Crippen LogP contribution in [0, 0.1) is 0 Å². The maximum atomic E-state index is 11.3. The molecule has 0 atom stereocenters. The van der Waals surface area contributed by atoms with Gasteiger partial charge in [0.15, 0.2) is 0 Å². The topological polar surface area (TPSA) is 40.5 Å². The molecule has 2 aromatic carbocycles. The highest BCUT2D eigenvalue weighted by Crippen LogP contribution is 2.26. The molecule has 0 aliphatic heterocycles. The fraction of sp³-hybridized carbons (Fsp3) is 0.150. The molecule has 122 valence electrons. The molecule has 1 aromatic heterocycles. The summed E-state index contributed by atoms with van der Waals surface area (Å²) >= 11 is 0. The lowest BCUT2D eigenvalue weighted by atomic mass is 10.1. The molecule has 0 radical (unpaired) electrons. The van der Waals surface area contributed by atoms with E-state index in [1.54, 1.807) is 6.08 Å². The molecule has 4 nitrogen and oxygen atoms in total. The number of fused-ring (bicyclic) bond motifs is 1. The van der Waals surface area contributed by atoms with Crippen molar-refractivity contribution in [2.24, 2.45) is 7.05 Å². The van der Waals surface area contributed by atoms with Crippen molar-refractivity contribution in [2.75, 3.05) is 7.11 Å². The van der Waals surface area contributed by atoms with E-state index in [1.165, 1.54) is 13.2 Å². The second-order valence-corrected chi connectivity index (χ2v) is 5.51. The number of esters is 1. The van der Waals surface area contributed by atoms with Crippen molar-refractivity contribution < 1.29 is 14.3 Å². The minimum Gasteiger partial charge on any atom is -0.489 e. The van der Waals surface area contributed by atoms with Gasteiger partial charge in [0.25, 0.3) is 0 Å². The van der Waals surface area contributed by atoms with Crippen LogP contribution >= 0.6 is 0 Å². The zero-order chi connectivity index (χ0) is 16.9. The van der Waals surface area contributed by atoms with Crippen LogP contribution in [-0.4, -0.2) is 17.6 Å². The van der Waals surface area contributed by atoms with Gasteiger partial charge in [-0.2, -0.15) is 0 Å². The predicted molar refractivity (Wildman–Crippen MR) is 94.7 cm³/mol. The van der Waals surface area contributed by atoms with E-state index in [0.29, 0.717) is 6.61 Å². The first kappa shape index (κ1) is 15.9. The second-order valence-electron chi connectivity index (χ2n) is 5.51. The molecule has 0 saturated carbocycles. The summed E-state index contributed by atoms with van der Waals surface area (Å²) in [5.74, 6) is 0.450. The number of aryl methyl sites for hydroxylation is 1. The molecule has 0 amide bonds. The second kappa shape index (κ2) is 7.04. The number of carbonyl (C=O) groups excluding carboxylic acids is 1. The van der Waals surface area contributed by atoms with E-state index in [-0.39, 0.29) is 5.97 Å². The highest BCUT2D eigenvalue weighted by atomic mass is 16.5. The van der Waals surface area contributed by atoms with E-state index < -0.39 is 0 Å². The van der Waals surface area contributed by atoms with Gasteiger partial charge in [-0.25, -0.2) is 4.79 Å². The summed E-state index contributed by atoms with van der Waals surface area (Å²) in [5, 5.41) is 1.06. The van der Waals surface area contributed by atoms with E-state index in [2.05, 4.69) is 4.74 Å². The zero-order valence-electron chi connectivity index (χ0n) is 13.7. The maximum Gasteiger partial charge on any atom is 0.330 e. The minimum absolute atomic E-state index is 0.366. The quantitative estimate of drug-likeness (QED) is 0.528.